The van der Waals surface area contributed by atoms with Gasteiger partial charge in [-0.15, -0.1) is 0 Å². The van der Waals surface area contributed by atoms with E-state index in [1.54, 1.807) is 0 Å². The molecule has 0 bridgehead atoms. The highest BCUT2D eigenvalue weighted by molar-refractivity contribution is 5.33. The second-order valence-corrected chi connectivity index (χ2v) is 5.09. The standard InChI is InChI=1S/C18H23NO/c1-2-3-5-10-18(19)15-11-13-17(14-12-15)20-16-8-6-4-7-9-16/h4,6-9,11-14,18H,2-3,5,10,19H2,1H3/t18-/m1/s1. The van der Waals surface area contributed by atoms with Crippen molar-refractivity contribution in [1.29, 1.82) is 0 Å². The van der Waals surface area contributed by atoms with E-state index in [0.717, 1.165) is 17.9 Å². The summed E-state index contributed by atoms with van der Waals surface area (Å²) in [6.07, 6.45) is 4.73. The van der Waals surface area contributed by atoms with Gasteiger partial charge in [-0.3, -0.25) is 0 Å². The van der Waals surface area contributed by atoms with Gasteiger partial charge >= 0.3 is 0 Å². The maximum atomic E-state index is 6.20. The molecule has 0 heterocycles. The van der Waals surface area contributed by atoms with E-state index in [0.29, 0.717) is 0 Å². The topological polar surface area (TPSA) is 35.2 Å². The first kappa shape index (κ1) is 14.6. The van der Waals surface area contributed by atoms with Crippen molar-refractivity contribution in [2.24, 2.45) is 5.73 Å². The van der Waals surface area contributed by atoms with Crippen LogP contribution < -0.4 is 10.5 Å². The first-order valence-electron chi connectivity index (χ1n) is 7.38. The van der Waals surface area contributed by atoms with Crippen LogP contribution in [-0.4, -0.2) is 0 Å². The zero-order chi connectivity index (χ0) is 14.2. The van der Waals surface area contributed by atoms with Crippen LogP contribution in [0.5, 0.6) is 11.5 Å². The maximum absolute atomic E-state index is 6.20. The summed E-state index contributed by atoms with van der Waals surface area (Å²) in [5, 5.41) is 0. The van der Waals surface area contributed by atoms with Gasteiger partial charge in [0.2, 0.25) is 0 Å². The molecule has 2 rings (SSSR count). The molecule has 2 N–H and O–H groups in total. The number of hydrogen-bond acceptors (Lipinski definition) is 2. The zero-order valence-corrected chi connectivity index (χ0v) is 12.1. The van der Waals surface area contributed by atoms with Gasteiger partial charge in [0.25, 0.3) is 0 Å². The number of hydrogen-bond donors (Lipinski definition) is 1. The van der Waals surface area contributed by atoms with Gasteiger partial charge in [0.15, 0.2) is 0 Å². The summed E-state index contributed by atoms with van der Waals surface area (Å²) >= 11 is 0. The fourth-order valence-electron chi connectivity index (χ4n) is 2.19. The van der Waals surface area contributed by atoms with E-state index in [1.165, 1.54) is 24.8 Å². The largest absolute Gasteiger partial charge is 0.457 e. The molecule has 0 aliphatic carbocycles. The fourth-order valence-corrected chi connectivity index (χ4v) is 2.19. The lowest BCUT2D eigenvalue weighted by molar-refractivity contribution is 0.482. The van der Waals surface area contributed by atoms with Crippen LogP contribution >= 0.6 is 0 Å². The van der Waals surface area contributed by atoms with E-state index in [4.69, 9.17) is 10.5 Å². The average Bonchev–Trinajstić information content (AvgIpc) is 2.49. The minimum absolute atomic E-state index is 0.132. The summed E-state index contributed by atoms with van der Waals surface area (Å²) in [6.45, 7) is 2.21. The molecule has 2 aromatic carbocycles. The van der Waals surface area contributed by atoms with Gasteiger partial charge in [0.05, 0.1) is 0 Å². The van der Waals surface area contributed by atoms with E-state index in [2.05, 4.69) is 19.1 Å². The van der Waals surface area contributed by atoms with Crippen LogP contribution in [0.2, 0.25) is 0 Å². The molecule has 0 saturated heterocycles. The predicted octanol–water partition coefficient (Wildman–Crippen LogP) is 5.06. The molecule has 2 nitrogen and oxygen atoms in total. The molecule has 0 fully saturated rings. The third-order valence-electron chi connectivity index (χ3n) is 3.41. The van der Waals surface area contributed by atoms with Crippen molar-refractivity contribution >= 4 is 0 Å². The number of benzene rings is 2. The quantitative estimate of drug-likeness (QED) is 0.713. The van der Waals surface area contributed by atoms with Gasteiger partial charge in [-0.2, -0.15) is 0 Å². The molecular weight excluding hydrogens is 246 g/mol. The summed E-state index contributed by atoms with van der Waals surface area (Å²) in [5.74, 6) is 1.70. The Morgan fingerprint density at radius 2 is 1.55 bits per heavy atom. The third kappa shape index (κ3) is 4.39. The average molecular weight is 269 g/mol. The summed E-state index contributed by atoms with van der Waals surface area (Å²) in [5.41, 5.74) is 7.38. The van der Waals surface area contributed by atoms with Crippen molar-refractivity contribution in [2.75, 3.05) is 0 Å². The van der Waals surface area contributed by atoms with Crippen molar-refractivity contribution in [3.63, 3.8) is 0 Å². The smallest absolute Gasteiger partial charge is 0.127 e. The van der Waals surface area contributed by atoms with Gasteiger partial charge in [0, 0.05) is 6.04 Å². The number of nitrogens with two attached hydrogens (primary N) is 1. The predicted molar refractivity (Wildman–Crippen MR) is 84.0 cm³/mol. The van der Waals surface area contributed by atoms with E-state index in [9.17, 15) is 0 Å². The SMILES string of the molecule is CCCCC[C@@H](N)c1ccc(Oc2ccccc2)cc1. The Kier molecular flexibility index (Phi) is 5.63. The lowest BCUT2D eigenvalue weighted by atomic mass is 10.0. The van der Waals surface area contributed by atoms with Crippen LogP contribution in [0, 0.1) is 0 Å². The molecule has 0 spiro atoms. The Bertz CT molecular complexity index is 493. The van der Waals surface area contributed by atoms with Crippen LogP contribution in [0.1, 0.15) is 44.2 Å². The van der Waals surface area contributed by atoms with E-state index in [-0.39, 0.29) is 6.04 Å². The molecule has 0 unspecified atom stereocenters. The van der Waals surface area contributed by atoms with Crippen molar-refractivity contribution in [3.8, 4) is 11.5 Å². The normalized spacial score (nSPS) is 12.1. The summed E-state index contributed by atoms with van der Waals surface area (Å²) < 4.78 is 5.77. The van der Waals surface area contributed by atoms with Gasteiger partial charge in [-0.1, -0.05) is 56.5 Å². The molecule has 106 valence electrons. The Labute approximate surface area is 121 Å². The maximum Gasteiger partial charge on any atom is 0.127 e. The van der Waals surface area contributed by atoms with E-state index < -0.39 is 0 Å². The molecular formula is C18H23NO. The zero-order valence-electron chi connectivity index (χ0n) is 12.1. The summed E-state index contributed by atoms with van der Waals surface area (Å²) in [4.78, 5) is 0. The van der Waals surface area contributed by atoms with Crippen LogP contribution in [0.4, 0.5) is 0 Å². The van der Waals surface area contributed by atoms with Crippen molar-refractivity contribution in [1.82, 2.24) is 0 Å². The van der Waals surface area contributed by atoms with Gasteiger partial charge in [-0.05, 0) is 36.2 Å². The molecule has 0 amide bonds. The molecule has 0 saturated carbocycles. The molecule has 0 aliphatic rings. The first-order valence-corrected chi connectivity index (χ1v) is 7.38. The number of unbranched alkanes of at least 4 members (excludes halogenated alkanes) is 2. The Morgan fingerprint density at radius 3 is 2.20 bits per heavy atom. The summed E-state index contributed by atoms with van der Waals surface area (Å²) in [7, 11) is 0. The molecule has 20 heavy (non-hydrogen) atoms. The number of ether oxygens (including phenoxy) is 1. The van der Waals surface area contributed by atoms with Gasteiger partial charge in [0.1, 0.15) is 11.5 Å². The number of para-hydroxylation sites is 1. The molecule has 2 aromatic rings. The van der Waals surface area contributed by atoms with E-state index in [1.807, 2.05) is 42.5 Å². The van der Waals surface area contributed by atoms with Gasteiger partial charge < -0.3 is 10.5 Å². The highest BCUT2D eigenvalue weighted by atomic mass is 16.5. The van der Waals surface area contributed by atoms with Crippen LogP contribution in [0.15, 0.2) is 54.6 Å². The van der Waals surface area contributed by atoms with Crippen molar-refractivity contribution in [2.45, 2.75) is 38.6 Å². The Morgan fingerprint density at radius 1 is 0.900 bits per heavy atom. The second-order valence-electron chi connectivity index (χ2n) is 5.09. The molecule has 0 radical (unpaired) electrons. The minimum Gasteiger partial charge on any atom is -0.457 e. The highest BCUT2D eigenvalue weighted by Gasteiger charge is 2.06. The highest BCUT2D eigenvalue weighted by Crippen LogP contribution is 2.24. The van der Waals surface area contributed by atoms with Crippen LogP contribution in [0.3, 0.4) is 0 Å². The third-order valence-corrected chi connectivity index (χ3v) is 3.41. The van der Waals surface area contributed by atoms with Gasteiger partial charge in [-0.25, -0.2) is 0 Å². The van der Waals surface area contributed by atoms with Crippen molar-refractivity contribution in [3.05, 3.63) is 60.2 Å². The lowest BCUT2D eigenvalue weighted by Crippen LogP contribution is -2.09. The van der Waals surface area contributed by atoms with Crippen LogP contribution in [0.25, 0.3) is 0 Å². The van der Waals surface area contributed by atoms with E-state index >= 15 is 0 Å². The fraction of sp³-hybridized carbons (Fsp3) is 0.333. The molecule has 2 heteroatoms. The molecule has 0 aromatic heterocycles. The lowest BCUT2D eigenvalue weighted by Gasteiger charge is -2.12. The first-order chi connectivity index (χ1) is 9.79. The van der Waals surface area contributed by atoms with Crippen LogP contribution in [-0.2, 0) is 0 Å². The Balaban J connectivity index is 1.92. The number of rotatable bonds is 7. The molecule has 0 aliphatic heterocycles. The Hall–Kier alpha value is -1.80. The van der Waals surface area contributed by atoms with Crippen molar-refractivity contribution < 1.29 is 4.74 Å². The second kappa shape index (κ2) is 7.71. The summed E-state index contributed by atoms with van der Waals surface area (Å²) in [6, 6.07) is 18.0. The monoisotopic (exact) mass is 269 g/mol. The molecule has 1 atom stereocenters. The minimum atomic E-state index is 0.132.